The number of rotatable bonds is 7. The molecule has 1 N–H and O–H groups in total. The number of para-hydroxylation sites is 1. The smallest absolute Gasteiger partial charge is 0.294 e. The Morgan fingerprint density at radius 2 is 1.97 bits per heavy atom. The lowest BCUT2D eigenvalue weighted by Crippen LogP contribution is -2.36. The normalized spacial score (nSPS) is 14.9. The van der Waals surface area contributed by atoms with Gasteiger partial charge < -0.3 is 14.8 Å². The number of nitrogens with one attached hydrogen (secondary N) is 1. The molecule has 0 aromatic heterocycles. The van der Waals surface area contributed by atoms with Crippen LogP contribution in [0.5, 0.6) is 11.5 Å². The van der Waals surface area contributed by atoms with Crippen LogP contribution in [0.4, 0.5) is 10.5 Å². The summed E-state index contributed by atoms with van der Waals surface area (Å²) >= 11 is 0.790. The van der Waals surface area contributed by atoms with Crippen molar-refractivity contribution in [3.05, 3.63) is 58.5 Å². The van der Waals surface area contributed by atoms with E-state index in [0.717, 1.165) is 22.2 Å². The number of hydrogen-bond acceptors (Lipinski definition) is 6. The van der Waals surface area contributed by atoms with Crippen LogP contribution in [0.15, 0.2) is 47.4 Å². The van der Waals surface area contributed by atoms with Crippen LogP contribution in [0.3, 0.4) is 0 Å². The SMILES string of the molecule is CCOc1c(/C=C2/SC(=O)N(CC(=O)Nc3cccc(C)c3)C2=O)cccc1OC. The number of imide groups is 1. The number of carbonyl (C=O) groups excluding carboxylic acids is 3. The predicted molar refractivity (Wildman–Crippen MR) is 117 cm³/mol. The van der Waals surface area contributed by atoms with Crippen molar-refractivity contribution in [3.63, 3.8) is 0 Å². The van der Waals surface area contributed by atoms with Crippen molar-refractivity contribution in [3.8, 4) is 11.5 Å². The molecule has 0 atom stereocenters. The lowest BCUT2D eigenvalue weighted by Gasteiger charge is -2.13. The van der Waals surface area contributed by atoms with Gasteiger partial charge >= 0.3 is 0 Å². The molecule has 0 bridgehead atoms. The molecule has 0 saturated carbocycles. The maximum Gasteiger partial charge on any atom is 0.294 e. The van der Waals surface area contributed by atoms with Gasteiger partial charge in [-0.1, -0.05) is 24.3 Å². The van der Waals surface area contributed by atoms with Crippen molar-refractivity contribution < 1.29 is 23.9 Å². The number of benzene rings is 2. The summed E-state index contributed by atoms with van der Waals surface area (Å²) in [4.78, 5) is 38.6. The van der Waals surface area contributed by atoms with Crippen molar-refractivity contribution in [2.24, 2.45) is 0 Å². The van der Waals surface area contributed by atoms with E-state index in [1.54, 1.807) is 30.3 Å². The van der Waals surface area contributed by atoms with Gasteiger partial charge in [0.25, 0.3) is 11.1 Å². The lowest BCUT2D eigenvalue weighted by molar-refractivity contribution is -0.127. The van der Waals surface area contributed by atoms with Gasteiger partial charge in [-0.05, 0) is 55.4 Å². The first kappa shape index (κ1) is 21.4. The van der Waals surface area contributed by atoms with Crippen LogP contribution in [0, 0.1) is 6.92 Å². The number of thioether (sulfide) groups is 1. The summed E-state index contributed by atoms with van der Waals surface area (Å²) in [5.74, 6) is 0.0593. The Kier molecular flexibility index (Phi) is 6.79. The Hall–Kier alpha value is -3.26. The molecular weight excluding hydrogens is 404 g/mol. The molecule has 1 aliphatic heterocycles. The second-order valence-corrected chi connectivity index (χ2v) is 7.49. The molecule has 0 unspecified atom stereocenters. The maximum absolute atomic E-state index is 12.7. The quantitative estimate of drug-likeness (QED) is 0.672. The Bertz CT molecular complexity index is 1020. The molecule has 1 saturated heterocycles. The van der Waals surface area contributed by atoms with Crippen molar-refractivity contribution >= 4 is 40.6 Å². The highest BCUT2D eigenvalue weighted by Gasteiger charge is 2.36. The van der Waals surface area contributed by atoms with Crippen molar-refractivity contribution in [2.45, 2.75) is 13.8 Å². The fourth-order valence-corrected chi connectivity index (χ4v) is 3.78. The van der Waals surface area contributed by atoms with E-state index in [2.05, 4.69) is 5.32 Å². The highest BCUT2D eigenvalue weighted by Crippen LogP contribution is 2.37. The Morgan fingerprint density at radius 1 is 1.20 bits per heavy atom. The average molecular weight is 426 g/mol. The highest BCUT2D eigenvalue weighted by molar-refractivity contribution is 8.18. The summed E-state index contributed by atoms with van der Waals surface area (Å²) in [5.41, 5.74) is 2.22. The molecule has 1 heterocycles. The third-order valence-electron chi connectivity index (χ3n) is 4.28. The van der Waals surface area contributed by atoms with E-state index in [0.29, 0.717) is 29.4 Å². The van der Waals surface area contributed by atoms with E-state index in [1.807, 2.05) is 32.0 Å². The van der Waals surface area contributed by atoms with E-state index < -0.39 is 17.1 Å². The Balaban J connectivity index is 1.77. The number of anilines is 1. The number of carbonyl (C=O) groups is 3. The molecular formula is C22H22N2O5S. The van der Waals surface area contributed by atoms with Crippen LogP contribution in [-0.4, -0.2) is 42.2 Å². The molecule has 0 radical (unpaired) electrons. The fraction of sp³-hybridized carbons (Fsp3) is 0.227. The van der Waals surface area contributed by atoms with Crippen LogP contribution in [0.1, 0.15) is 18.1 Å². The fourth-order valence-electron chi connectivity index (χ4n) is 2.95. The maximum atomic E-state index is 12.7. The third-order valence-corrected chi connectivity index (χ3v) is 5.19. The number of nitrogens with zero attached hydrogens (tertiary/aromatic N) is 1. The van der Waals surface area contributed by atoms with Gasteiger partial charge in [-0.25, -0.2) is 0 Å². The van der Waals surface area contributed by atoms with Gasteiger partial charge in [0.15, 0.2) is 11.5 Å². The second-order valence-electron chi connectivity index (χ2n) is 6.50. The van der Waals surface area contributed by atoms with E-state index in [-0.39, 0.29) is 11.4 Å². The number of aryl methyl sites for hydroxylation is 1. The van der Waals surface area contributed by atoms with E-state index in [1.165, 1.54) is 7.11 Å². The topological polar surface area (TPSA) is 84.9 Å². The predicted octanol–water partition coefficient (Wildman–Crippen LogP) is 4.08. The first-order chi connectivity index (χ1) is 14.4. The lowest BCUT2D eigenvalue weighted by atomic mass is 10.1. The number of ether oxygens (including phenoxy) is 2. The molecule has 0 spiro atoms. The van der Waals surface area contributed by atoms with Gasteiger partial charge in [-0.2, -0.15) is 0 Å². The summed E-state index contributed by atoms with van der Waals surface area (Å²) < 4.78 is 11.0. The Morgan fingerprint density at radius 3 is 2.67 bits per heavy atom. The van der Waals surface area contributed by atoms with Gasteiger partial charge in [0.05, 0.1) is 18.6 Å². The monoisotopic (exact) mass is 426 g/mol. The van der Waals surface area contributed by atoms with Crippen LogP contribution < -0.4 is 14.8 Å². The summed E-state index contributed by atoms with van der Waals surface area (Å²) in [6, 6.07) is 12.6. The minimum atomic E-state index is -0.519. The van der Waals surface area contributed by atoms with Crippen molar-refractivity contribution in [1.82, 2.24) is 4.90 Å². The molecule has 0 aliphatic carbocycles. The summed E-state index contributed by atoms with van der Waals surface area (Å²) in [5, 5.41) is 2.21. The first-order valence-corrected chi connectivity index (χ1v) is 10.2. The summed E-state index contributed by atoms with van der Waals surface area (Å²) in [6.07, 6.45) is 1.58. The first-order valence-electron chi connectivity index (χ1n) is 9.34. The van der Waals surface area contributed by atoms with E-state index in [4.69, 9.17) is 9.47 Å². The van der Waals surface area contributed by atoms with Gasteiger partial charge in [0.2, 0.25) is 5.91 Å². The van der Waals surface area contributed by atoms with Gasteiger partial charge in [-0.15, -0.1) is 0 Å². The average Bonchev–Trinajstić information content (AvgIpc) is 2.96. The molecule has 3 amide bonds. The molecule has 2 aromatic carbocycles. The van der Waals surface area contributed by atoms with Gasteiger partial charge in [-0.3, -0.25) is 19.3 Å². The zero-order valence-corrected chi connectivity index (χ0v) is 17.7. The highest BCUT2D eigenvalue weighted by atomic mass is 32.2. The number of hydrogen-bond donors (Lipinski definition) is 1. The van der Waals surface area contributed by atoms with Crippen molar-refractivity contribution in [1.29, 1.82) is 0 Å². The number of amides is 3. The standard InChI is InChI=1S/C22H22N2O5S/c1-4-29-20-15(8-6-10-17(20)28-3)12-18-21(26)24(22(27)30-18)13-19(25)23-16-9-5-7-14(2)11-16/h5-12H,4,13H2,1-3H3,(H,23,25)/b18-12+. The van der Waals surface area contributed by atoms with E-state index in [9.17, 15) is 14.4 Å². The molecule has 3 rings (SSSR count). The van der Waals surface area contributed by atoms with Crippen LogP contribution in [0.2, 0.25) is 0 Å². The summed E-state index contributed by atoms with van der Waals surface area (Å²) in [6.45, 7) is 3.82. The molecule has 1 aliphatic rings. The van der Waals surface area contributed by atoms with Gasteiger partial charge in [0.1, 0.15) is 6.54 Å². The minimum absolute atomic E-state index is 0.220. The van der Waals surface area contributed by atoms with Crippen molar-refractivity contribution in [2.75, 3.05) is 25.6 Å². The molecule has 156 valence electrons. The number of methoxy groups -OCH3 is 1. The second kappa shape index (κ2) is 9.49. The van der Waals surface area contributed by atoms with Crippen LogP contribution in [0.25, 0.3) is 6.08 Å². The zero-order valence-electron chi connectivity index (χ0n) is 16.9. The molecule has 7 nitrogen and oxygen atoms in total. The molecule has 8 heteroatoms. The third kappa shape index (κ3) is 4.83. The zero-order chi connectivity index (χ0) is 21.7. The largest absolute Gasteiger partial charge is 0.493 e. The summed E-state index contributed by atoms with van der Waals surface area (Å²) in [7, 11) is 1.53. The Labute approximate surface area is 179 Å². The molecule has 2 aromatic rings. The van der Waals surface area contributed by atoms with E-state index >= 15 is 0 Å². The molecule has 30 heavy (non-hydrogen) atoms. The van der Waals surface area contributed by atoms with Crippen LogP contribution in [-0.2, 0) is 9.59 Å². The van der Waals surface area contributed by atoms with Gasteiger partial charge in [0, 0.05) is 11.3 Å². The molecule has 1 fully saturated rings. The van der Waals surface area contributed by atoms with Crippen LogP contribution >= 0.6 is 11.8 Å². The minimum Gasteiger partial charge on any atom is -0.493 e.